The predicted molar refractivity (Wildman–Crippen MR) is 80.3 cm³/mol. The number of aliphatic hydroxyl groups excluding tert-OH is 1. The minimum Gasteiger partial charge on any atom is -0.497 e. The summed E-state index contributed by atoms with van der Waals surface area (Å²) in [6.07, 6.45) is 4.86. The zero-order chi connectivity index (χ0) is 14.9. The van der Waals surface area contributed by atoms with Crippen LogP contribution in [0, 0.1) is 0 Å². The molecule has 1 aromatic rings. The summed E-state index contributed by atoms with van der Waals surface area (Å²) in [6, 6.07) is 7.92. The number of ether oxygens (including phenoxy) is 1. The molecule has 114 valence electrons. The molecule has 2 fully saturated rings. The van der Waals surface area contributed by atoms with Crippen LogP contribution in [0.25, 0.3) is 0 Å². The lowest BCUT2D eigenvalue weighted by atomic mass is 9.68. The zero-order valence-electron chi connectivity index (χ0n) is 12.5. The molecule has 0 spiro atoms. The number of hydrogen-bond acceptors (Lipinski definition) is 3. The maximum atomic E-state index is 13.0. The van der Waals surface area contributed by atoms with Gasteiger partial charge in [0.25, 0.3) is 0 Å². The monoisotopic (exact) mass is 289 g/mol. The van der Waals surface area contributed by atoms with Crippen molar-refractivity contribution in [3.05, 3.63) is 29.8 Å². The van der Waals surface area contributed by atoms with E-state index in [9.17, 15) is 9.90 Å². The number of β-amino-alcohol motifs (C(OH)–C–C–N with tert-alkyl or cyclic N) is 1. The fourth-order valence-electron chi connectivity index (χ4n) is 3.62. The molecule has 1 N–H and O–H groups in total. The van der Waals surface area contributed by atoms with Crippen LogP contribution in [0.5, 0.6) is 5.75 Å². The Bertz CT molecular complexity index is 499. The molecule has 1 saturated heterocycles. The van der Waals surface area contributed by atoms with E-state index in [0.717, 1.165) is 37.0 Å². The molecule has 1 aliphatic heterocycles. The van der Waals surface area contributed by atoms with E-state index in [1.54, 1.807) is 12.0 Å². The van der Waals surface area contributed by atoms with Gasteiger partial charge in [-0.1, -0.05) is 31.4 Å². The first kappa shape index (κ1) is 14.4. The smallest absolute Gasteiger partial charge is 0.233 e. The molecule has 0 radical (unpaired) electrons. The van der Waals surface area contributed by atoms with E-state index in [-0.39, 0.29) is 12.0 Å². The molecule has 1 heterocycles. The van der Waals surface area contributed by atoms with Gasteiger partial charge in [0.1, 0.15) is 5.75 Å². The Balaban J connectivity index is 1.90. The predicted octanol–water partition coefficient (Wildman–Crippen LogP) is 2.10. The molecule has 1 amide bonds. The molecule has 1 aliphatic carbocycles. The van der Waals surface area contributed by atoms with Gasteiger partial charge in [-0.3, -0.25) is 4.79 Å². The molecule has 0 atom stereocenters. The van der Waals surface area contributed by atoms with Crippen molar-refractivity contribution in [1.82, 2.24) is 4.90 Å². The molecular formula is C17H23NO3. The molecule has 0 aromatic heterocycles. The Labute approximate surface area is 125 Å². The van der Waals surface area contributed by atoms with Crippen molar-refractivity contribution in [2.75, 3.05) is 20.2 Å². The van der Waals surface area contributed by atoms with E-state index < -0.39 is 5.41 Å². The SMILES string of the molecule is COc1ccc(C2(C(=O)N3CC(O)C3)CCCCC2)cc1. The molecule has 0 unspecified atom stereocenters. The van der Waals surface area contributed by atoms with Crippen LogP contribution >= 0.6 is 0 Å². The van der Waals surface area contributed by atoms with Crippen molar-refractivity contribution in [3.63, 3.8) is 0 Å². The number of amides is 1. The van der Waals surface area contributed by atoms with Crippen molar-refractivity contribution < 1.29 is 14.6 Å². The minimum absolute atomic E-state index is 0.192. The maximum absolute atomic E-state index is 13.0. The number of carbonyl (C=O) groups excluding carboxylic acids is 1. The Morgan fingerprint density at radius 3 is 2.33 bits per heavy atom. The van der Waals surface area contributed by atoms with E-state index in [4.69, 9.17) is 4.74 Å². The topological polar surface area (TPSA) is 49.8 Å². The minimum atomic E-state index is -0.398. The van der Waals surface area contributed by atoms with Gasteiger partial charge in [0.15, 0.2) is 0 Å². The van der Waals surface area contributed by atoms with Crippen molar-refractivity contribution >= 4 is 5.91 Å². The van der Waals surface area contributed by atoms with E-state index in [0.29, 0.717) is 13.1 Å². The molecule has 1 aromatic carbocycles. The van der Waals surface area contributed by atoms with Crippen LogP contribution in [0.2, 0.25) is 0 Å². The highest BCUT2D eigenvalue weighted by Gasteiger charge is 2.46. The molecule has 3 rings (SSSR count). The number of benzene rings is 1. The third-order valence-corrected chi connectivity index (χ3v) is 4.91. The van der Waals surface area contributed by atoms with Crippen LogP contribution in [-0.4, -0.2) is 42.2 Å². The maximum Gasteiger partial charge on any atom is 0.233 e. The molecule has 4 heteroatoms. The third kappa shape index (κ3) is 2.53. The van der Waals surface area contributed by atoms with Crippen molar-refractivity contribution in [2.45, 2.75) is 43.6 Å². The summed E-state index contributed by atoms with van der Waals surface area (Å²) >= 11 is 0. The van der Waals surface area contributed by atoms with Gasteiger partial charge < -0.3 is 14.7 Å². The van der Waals surface area contributed by atoms with Crippen molar-refractivity contribution in [2.24, 2.45) is 0 Å². The van der Waals surface area contributed by atoms with Gasteiger partial charge in [-0.25, -0.2) is 0 Å². The van der Waals surface area contributed by atoms with E-state index in [1.165, 1.54) is 6.42 Å². The number of aliphatic hydroxyl groups is 1. The van der Waals surface area contributed by atoms with Gasteiger partial charge in [-0.15, -0.1) is 0 Å². The number of hydrogen-bond donors (Lipinski definition) is 1. The van der Waals surface area contributed by atoms with E-state index >= 15 is 0 Å². The van der Waals surface area contributed by atoms with Gasteiger partial charge in [0, 0.05) is 13.1 Å². The Morgan fingerprint density at radius 1 is 1.19 bits per heavy atom. The van der Waals surface area contributed by atoms with Crippen LogP contribution in [0.3, 0.4) is 0 Å². The molecule has 4 nitrogen and oxygen atoms in total. The zero-order valence-corrected chi connectivity index (χ0v) is 12.5. The highest BCUT2D eigenvalue weighted by Crippen LogP contribution is 2.42. The Kier molecular flexibility index (Phi) is 3.89. The first-order valence-electron chi connectivity index (χ1n) is 7.78. The average molecular weight is 289 g/mol. The molecule has 0 bridgehead atoms. The van der Waals surface area contributed by atoms with Gasteiger partial charge in [0.05, 0.1) is 18.6 Å². The lowest BCUT2D eigenvalue weighted by Crippen LogP contribution is -2.59. The van der Waals surface area contributed by atoms with Gasteiger partial charge in [-0.05, 0) is 30.5 Å². The van der Waals surface area contributed by atoms with Crippen molar-refractivity contribution in [1.29, 1.82) is 0 Å². The normalized spacial score (nSPS) is 21.7. The fraction of sp³-hybridized carbons (Fsp3) is 0.588. The summed E-state index contributed by atoms with van der Waals surface area (Å²) in [5.74, 6) is 1.01. The lowest BCUT2D eigenvalue weighted by molar-refractivity contribution is -0.149. The summed E-state index contributed by atoms with van der Waals surface area (Å²) in [5, 5.41) is 9.48. The summed E-state index contributed by atoms with van der Waals surface area (Å²) in [5.41, 5.74) is 0.694. The Hall–Kier alpha value is -1.55. The van der Waals surface area contributed by atoms with Gasteiger partial charge in [0.2, 0.25) is 5.91 Å². The second kappa shape index (κ2) is 5.68. The van der Waals surface area contributed by atoms with E-state index in [2.05, 4.69) is 0 Å². The second-order valence-electron chi connectivity index (χ2n) is 6.24. The number of rotatable bonds is 3. The molecule has 21 heavy (non-hydrogen) atoms. The second-order valence-corrected chi connectivity index (χ2v) is 6.24. The molecule has 2 aliphatic rings. The number of methoxy groups -OCH3 is 1. The average Bonchev–Trinajstić information content (AvgIpc) is 2.52. The first-order valence-corrected chi connectivity index (χ1v) is 7.78. The fourth-order valence-corrected chi connectivity index (χ4v) is 3.62. The van der Waals surface area contributed by atoms with Crippen LogP contribution in [0.15, 0.2) is 24.3 Å². The van der Waals surface area contributed by atoms with Gasteiger partial charge in [-0.2, -0.15) is 0 Å². The highest BCUT2D eigenvalue weighted by molar-refractivity contribution is 5.89. The molecule has 1 saturated carbocycles. The highest BCUT2D eigenvalue weighted by atomic mass is 16.5. The number of likely N-dealkylation sites (tertiary alicyclic amines) is 1. The summed E-state index contributed by atoms with van der Waals surface area (Å²) < 4.78 is 5.22. The van der Waals surface area contributed by atoms with Crippen LogP contribution in [0.4, 0.5) is 0 Å². The Morgan fingerprint density at radius 2 is 1.81 bits per heavy atom. The number of nitrogens with zero attached hydrogens (tertiary/aromatic N) is 1. The quantitative estimate of drug-likeness (QED) is 0.927. The standard InChI is InChI=1S/C17H23NO3/c1-21-15-7-5-13(6-8-15)17(9-3-2-4-10-17)16(20)18-11-14(19)12-18/h5-8,14,19H,2-4,9-12H2,1H3. The van der Waals surface area contributed by atoms with Crippen LogP contribution < -0.4 is 4.74 Å². The lowest BCUT2D eigenvalue weighted by Gasteiger charge is -2.45. The van der Waals surface area contributed by atoms with Crippen molar-refractivity contribution in [3.8, 4) is 5.75 Å². The van der Waals surface area contributed by atoms with Crippen LogP contribution in [0.1, 0.15) is 37.7 Å². The number of carbonyl (C=O) groups is 1. The van der Waals surface area contributed by atoms with E-state index in [1.807, 2.05) is 24.3 Å². The summed E-state index contributed by atoms with van der Waals surface area (Å²) in [4.78, 5) is 14.8. The first-order chi connectivity index (χ1) is 10.2. The van der Waals surface area contributed by atoms with Crippen LogP contribution in [-0.2, 0) is 10.2 Å². The third-order valence-electron chi connectivity index (χ3n) is 4.91. The largest absolute Gasteiger partial charge is 0.497 e. The van der Waals surface area contributed by atoms with Gasteiger partial charge >= 0.3 is 0 Å². The molecular weight excluding hydrogens is 266 g/mol. The summed E-state index contributed by atoms with van der Waals surface area (Å²) in [6.45, 7) is 0.966. The summed E-state index contributed by atoms with van der Waals surface area (Å²) in [7, 11) is 1.65.